The van der Waals surface area contributed by atoms with Crippen LogP contribution in [0.1, 0.15) is 12.8 Å². The molecule has 0 aliphatic carbocycles. The molecule has 1 saturated heterocycles. The smallest absolute Gasteiger partial charge is 0.309 e. The molecular formula is C13H26N4O4S. The quantitative estimate of drug-likeness (QED) is 0.573. The minimum atomic E-state index is -3.13. The molecule has 8 nitrogen and oxygen atoms in total. The molecule has 0 atom stereocenters. The van der Waals surface area contributed by atoms with Gasteiger partial charge in [0.2, 0.25) is 10.0 Å². The molecule has 2 amide bonds. The average Bonchev–Trinajstić information content (AvgIpc) is 2.43. The van der Waals surface area contributed by atoms with Gasteiger partial charge in [0.25, 0.3) is 0 Å². The second kappa shape index (κ2) is 8.44. The molecule has 1 fully saturated rings. The molecule has 0 aromatic heterocycles. The van der Waals surface area contributed by atoms with E-state index in [2.05, 4.69) is 10.6 Å². The lowest BCUT2D eigenvalue weighted by Gasteiger charge is -2.30. The SMILES string of the molecule is CN(C)CCNC(=O)C(=O)NCC1CCN(S(C)(=O)=O)CC1. The second-order valence-corrected chi connectivity index (χ2v) is 7.86. The first-order valence-corrected chi connectivity index (χ1v) is 9.21. The molecule has 0 radical (unpaired) electrons. The molecule has 0 saturated carbocycles. The van der Waals surface area contributed by atoms with Crippen molar-refractivity contribution in [3.05, 3.63) is 0 Å². The Morgan fingerprint density at radius 1 is 1.14 bits per heavy atom. The van der Waals surface area contributed by atoms with E-state index in [0.29, 0.717) is 45.6 Å². The summed E-state index contributed by atoms with van der Waals surface area (Å²) in [5.41, 5.74) is 0. The van der Waals surface area contributed by atoms with E-state index in [0.717, 1.165) is 0 Å². The number of sulfonamides is 1. The van der Waals surface area contributed by atoms with Crippen molar-refractivity contribution in [1.29, 1.82) is 0 Å². The van der Waals surface area contributed by atoms with Gasteiger partial charge in [0.1, 0.15) is 0 Å². The second-order valence-electron chi connectivity index (χ2n) is 5.87. The van der Waals surface area contributed by atoms with Crippen LogP contribution in [-0.2, 0) is 19.6 Å². The molecule has 0 unspecified atom stereocenters. The Labute approximate surface area is 132 Å². The van der Waals surface area contributed by atoms with Gasteiger partial charge in [-0.1, -0.05) is 0 Å². The molecular weight excluding hydrogens is 308 g/mol. The lowest BCUT2D eigenvalue weighted by molar-refractivity contribution is -0.139. The van der Waals surface area contributed by atoms with Crippen LogP contribution >= 0.6 is 0 Å². The molecule has 1 heterocycles. The van der Waals surface area contributed by atoms with Crippen LogP contribution in [0, 0.1) is 5.92 Å². The predicted octanol–water partition coefficient (Wildman–Crippen LogP) is -1.55. The zero-order chi connectivity index (χ0) is 16.8. The van der Waals surface area contributed by atoms with Crippen LogP contribution in [0.5, 0.6) is 0 Å². The van der Waals surface area contributed by atoms with Gasteiger partial charge < -0.3 is 15.5 Å². The molecule has 2 N–H and O–H groups in total. The zero-order valence-electron chi connectivity index (χ0n) is 13.5. The van der Waals surface area contributed by atoms with E-state index in [4.69, 9.17) is 0 Å². The standard InChI is InChI=1S/C13H26N4O4S/c1-16(2)9-6-14-12(18)13(19)15-10-11-4-7-17(8-5-11)22(3,20)21/h11H,4-10H2,1-3H3,(H,14,18)(H,15,19). The Morgan fingerprint density at radius 3 is 2.18 bits per heavy atom. The number of rotatable bonds is 6. The zero-order valence-corrected chi connectivity index (χ0v) is 14.3. The first-order valence-electron chi connectivity index (χ1n) is 7.36. The van der Waals surface area contributed by atoms with E-state index in [1.165, 1.54) is 10.6 Å². The van der Waals surface area contributed by atoms with Gasteiger partial charge in [-0.15, -0.1) is 0 Å². The van der Waals surface area contributed by atoms with E-state index >= 15 is 0 Å². The molecule has 0 bridgehead atoms. The Balaban J connectivity index is 2.24. The average molecular weight is 334 g/mol. The third-order valence-corrected chi connectivity index (χ3v) is 4.95. The number of likely N-dealkylation sites (N-methyl/N-ethyl adjacent to an activating group) is 1. The van der Waals surface area contributed by atoms with E-state index in [1.807, 2.05) is 19.0 Å². The third-order valence-electron chi connectivity index (χ3n) is 3.64. The maximum Gasteiger partial charge on any atom is 0.309 e. The van der Waals surface area contributed by atoms with Crippen LogP contribution in [-0.4, -0.2) is 82.5 Å². The van der Waals surface area contributed by atoms with Gasteiger partial charge >= 0.3 is 11.8 Å². The first-order chi connectivity index (χ1) is 10.2. The molecule has 1 aliphatic heterocycles. The van der Waals surface area contributed by atoms with Gasteiger partial charge in [-0.05, 0) is 32.9 Å². The van der Waals surface area contributed by atoms with Crippen molar-refractivity contribution < 1.29 is 18.0 Å². The molecule has 0 spiro atoms. The van der Waals surface area contributed by atoms with Crippen molar-refractivity contribution in [3.8, 4) is 0 Å². The van der Waals surface area contributed by atoms with Crippen molar-refractivity contribution in [2.75, 3.05) is 53.1 Å². The fourth-order valence-corrected chi connectivity index (χ4v) is 3.11. The number of nitrogens with zero attached hydrogens (tertiary/aromatic N) is 2. The summed E-state index contributed by atoms with van der Waals surface area (Å²) in [7, 11) is 0.635. The van der Waals surface area contributed by atoms with Crippen molar-refractivity contribution in [2.24, 2.45) is 5.92 Å². The number of amides is 2. The van der Waals surface area contributed by atoms with E-state index in [1.54, 1.807) is 0 Å². The summed E-state index contributed by atoms with van der Waals surface area (Å²) in [5.74, 6) is -1.06. The van der Waals surface area contributed by atoms with Crippen molar-refractivity contribution >= 4 is 21.8 Å². The summed E-state index contributed by atoms with van der Waals surface area (Å²) in [5, 5.41) is 5.16. The topological polar surface area (TPSA) is 98.8 Å². The molecule has 0 aromatic rings. The van der Waals surface area contributed by atoms with Crippen LogP contribution in [0.4, 0.5) is 0 Å². The molecule has 22 heavy (non-hydrogen) atoms. The number of hydrogen-bond acceptors (Lipinski definition) is 5. The van der Waals surface area contributed by atoms with Crippen LogP contribution in [0.15, 0.2) is 0 Å². The van der Waals surface area contributed by atoms with Gasteiger partial charge in [0, 0.05) is 32.7 Å². The Kier molecular flexibility index (Phi) is 7.24. The van der Waals surface area contributed by atoms with Gasteiger partial charge in [-0.2, -0.15) is 0 Å². The van der Waals surface area contributed by atoms with Crippen LogP contribution in [0.3, 0.4) is 0 Å². The minimum Gasteiger partial charge on any atom is -0.348 e. The molecule has 9 heteroatoms. The van der Waals surface area contributed by atoms with E-state index in [9.17, 15) is 18.0 Å². The highest BCUT2D eigenvalue weighted by molar-refractivity contribution is 7.88. The Morgan fingerprint density at radius 2 is 1.68 bits per heavy atom. The minimum absolute atomic E-state index is 0.205. The van der Waals surface area contributed by atoms with Crippen LogP contribution in [0.2, 0.25) is 0 Å². The van der Waals surface area contributed by atoms with Gasteiger partial charge in [0.05, 0.1) is 6.26 Å². The van der Waals surface area contributed by atoms with Gasteiger partial charge in [-0.25, -0.2) is 12.7 Å². The van der Waals surface area contributed by atoms with Gasteiger partial charge in [0.15, 0.2) is 0 Å². The fourth-order valence-electron chi connectivity index (χ4n) is 2.24. The Bertz CT molecular complexity index is 484. The number of carbonyl (C=O) groups excluding carboxylic acids is 2. The highest BCUT2D eigenvalue weighted by Crippen LogP contribution is 2.18. The van der Waals surface area contributed by atoms with Crippen molar-refractivity contribution in [1.82, 2.24) is 19.8 Å². The highest BCUT2D eigenvalue weighted by atomic mass is 32.2. The largest absolute Gasteiger partial charge is 0.348 e. The first kappa shape index (κ1) is 18.9. The summed E-state index contributed by atoms with van der Waals surface area (Å²) < 4.78 is 24.2. The van der Waals surface area contributed by atoms with E-state index in [-0.39, 0.29) is 5.92 Å². The number of piperidine rings is 1. The number of carbonyl (C=O) groups is 2. The molecule has 0 aromatic carbocycles. The summed E-state index contributed by atoms with van der Waals surface area (Å²) in [6.45, 7) is 2.43. The lowest BCUT2D eigenvalue weighted by Crippen LogP contribution is -2.45. The predicted molar refractivity (Wildman–Crippen MR) is 83.7 cm³/mol. The maximum atomic E-state index is 11.6. The van der Waals surface area contributed by atoms with Crippen molar-refractivity contribution in [3.63, 3.8) is 0 Å². The Hall–Kier alpha value is -1.19. The molecule has 1 aliphatic rings. The summed E-state index contributed by atoms with van der Waals surface area (Å²) in [4.78, 5) is 25.1. The number of nitrogens with one attached hydrogen (secondary N) is 2. The summed E-state index contributed by atoms with van der Waals surface area (Å²) >= 11 is 0. The van der Waals surface area contributed by atoms with Crippen LogP contribution in [0.25, 0.3) is 0 Å². The fraction of sp³-hybridized carbons (Fsp3) is 0.846. The molecule has 128 valence electrons. The third kappa shape index (κ3) is 6.71. The monoisotopic (exact) mass is 334 g/mol. The highest BCUT2D eigenvalue weighted by Gasteiger charge is 2.25. The maximum absolute atomic E-state index is 11.6. The summed E-state index contributed by atoms with van der Waals surface area (Å²) in [6, 6.07) is 0. The lowest BCUT2D eigenvalue weighted by atomic mass is 9.98. The van der Waals surface area contributed by atoms with Gasteiger partial charge in [-0.3, -0.25) is 9.59 Å². The van der Waals surface area contributed by atoms with E-state index < -0.39 is 21.8 Å². The van der Waals surface area contributed by atoms with Crippen molar-refractivity contribution in [2.45, 2.75) is 12.8 Å². The normalized spacial score (nSPS) is 17.5. The van der Waals surface area contributed by atoms with Crippen LogP contribution < -0.4 is 10.6 Å². The summed E-state index contributed by atoms with van der Waals surface area (Å²) in [6.07, 6.45) is 2.58. The number of hydrogen-bond donors (Lipinski definition) is 2. The molecule has 1 rings (SSSR count).